The van der Waals surface area contributed by atoms with Gasteiger partial charge in [-0.05, 0) is 43.2 Å². The van der Waals surface area contributed by atoms with Gasteiger partial charge in [0, 0.05) is 5.69 Å². The highest BCUT2D eigenvalue weighted by Gasteiger charge is 2.23. The first-order chi connectivity index (χ1) is 12.9. The Kier molecular flexibility index (Phi) is 6.64. The molecule has 0 radical (unpaired) electrons. The highest BCUT2D eigenvalue weighted by Crippen LogP contribution is 2.25. The van der Waals surface area contributed by atoms with E-state index in [-0.39, 0.29) is 11.9 Å². The van der Waals surface area contributed by atoms with Crippen molar-refractivity contribution in [1.29, 1.82) is 0 Å². The lowest BCUT2D eigenvalue weighted by Crippen LogP contribution is -3.16. The molecule has 2 aromatic carbocycles. The number of nitrogens with one attached hydrogen (secondary N) is 2. The zero-order valence-electron chi connectivity index (χ0n) is 15.8. The van der Waals surface area contributed by atoms with Gasteiger partial charge in [-0.1, -0.05) is 47.5 Å². The quantitative estimate of drug-likeness (QED) is 0.800. The minimum absolute atomic E-state index is 0.0629. The van der Waals surface area contributed by atoms with Crippen molar-refractivity contribution < 1.29 is 9.69 Å². The molecule has 1 amide bonds. The molecule has 0 aliphatic carbocycles. The minimum Gasteiger partial charge on any atom is -0.360 e. The number of carbonyl (C=O) groups excluding carboxylic acids is 1. The Hall–Kier alpha value is -1.75. The lowest BCUT2D eigenvalue weighted by molar-refractivity contribution is -0.892. The van der Waals surface area contributed by atoms with Crippen LogP contribution in [-0.4, -0.2) is 38.6 Å². The number of anilines is 1. The number of hydrogen-bond acceptors (Lipinski definition) is 2. The maximum absolute atomic E-state index is 12.4. The molecule has 2 N–H and O–H groups in total. The van der Waals surface area contributed by atoms with E-state index < -0.39 is 0 Å². The van der Waals surface area contributed by atoms with Gasteiger partial charge in [0.1, 0.15) is 0 Å². The molecule has 2 aromatic rings. The number of halogens is 2. The van der Waals surface area contributed by atoms with E-state index in [1.165, 1.54) is 16.2 Å². The molecule has 1 atom stereocenters. The van der Waals surface area contributed by atoms with Crippen LogP contribution < -0.4 is 15.1 Å². The van der Waals surface area contributed by atoms with Gasteiger partial charge in [-0.15, -0.1) is 0 Å². The molecular formula is C21H26Cl2N3O+. The van der Waals surface area contributed by atoms with Crippen molar-refractivity contribution in [2.75, 3.05) is 37.6 Å². The van der Waals surface area contributed by atoms with Crippen molar-refractivity contribution in [1.82, 2.24) is 5.32 Å². The number of aryl methyl sites for hydroxylation is 1. The molecule has 1 aliphatic heterocycles. The Labute approximate surface area is 171 Å². The molecule has 1 saturated heterocycles. The fraction of sp³-hybridized carbons (Fsp3) is 0.381. The van der Waals surface area contributed by atoms with Crippen LogP contribution in [0.3, 0.4) is 0 Å². The summed E-state index contributed by atoms with van der Waals surface area (Å²) in [6.45, 7) is 8.46. The number of amides is 1. The van der Waals surface area contributed by atoms with Crippen LogP contribution in [-0.2, 0) is 4.79 Å². The molecule has 6 heteroatoms. The molecular weight excluding hydrogens is 381 g/mol. The van der Waals surface area contributed by atoms with E-state index in [0.29, 0.717) is 16.6 Å². The van der Waals surface area contributed by atoms with Gasteiger partial charge in [0.2, 0.25) is 0 Å². The predicted octanol–water partition coefficient (Wildman–Crippen LogP) is 2.88. The van der Waals surface area contributed by atoms with E-state index in [2.05, 4.69) is 41.4 Å². The van der Waals surface area contributed by atoms with Crippen LogP contribution in [0.1, 0.15) is 24.1 Å². The van der Waals surface area contributed by atoms with Crippen LogP contribution in [0.25, 0.3) is 0 Å². The van der Waals surface area contributed by atoms with Gasteiger partial charge in [-0.3, -0.25) is 4.79 Å². The van der Waals surface area contributed by atoms with Crippen molar-refractivity contribution in [3.8, 4) is 0 Å². The number of carbonyl (C=O) groups is 1. The number of nitrogens with zero attached hydrogens (tertiary/aromatic N) is 1. The van der Waals surface area contributed by atoms with Gasteiger partial charge in [-0.25, -0.2) is 0 Å². The Bertz CT molecular complexity index is 804. The zero-order valence-corrected chi connectivity index (χ0v) is 17.3. The summed E-state index contributed by atoms with van der Waals surface area (Å²) in [5.74, 6) is 0.0629. The van der Waals surface area contributed by atoms with Crippen LogP contribution in [0, 0.1) is 6.92 Å². The zero-order chi connectivity index (χ0) is 19.4. The summed E-state index contributed by atoms with van der Waals surface area (Å²) in [4.78, 5) is 16.2. The van der Waals surface area contributed by atoms with Crippen molar-refractivity contribution in [3.63, 3.8) is 0 Å². The highest BCUT2D eigenvalue weighted by molar-refractivity contribution is 6.42. The second-order valence-corrected chi connectivity index (χ2v) is 7.98. The van der Waals surface area contributed by atoms with Crippen LogP contribution >= 0.6 is 23.2 Å². The third kappa shape index (κ3) is 5.16. The van der Waals surface area contributed by atoms with E-state index in [4.69, 9.17) is 23.2 Å². The molecule has 0 saturated carbocycles. The summed E-state index contributed by atoms with van der Waals surface area (Å²) in [7, 11) is 0. The van der Waals surface area contributed by atoms with E-state index >= 15 is 0 Å². The number of quaternary nitrogens is 1. The molecule has 0 bridgehead atoms. The van der Waals surface area contributed by atoms with Crippen molar-refractivity contribution in [2.45, 2.75) is 19.9 Å². The summed E-state index contributed by atoms with van der Waals surface area (Å²) in [5.41, 5.74) is 3.56. The second-order valence-electron chi connectivity index (χ2n) is 7.16. The lowest BCUT2D eigenvalue weighted by Gasteiger charge is -2.34. The maximum Gasteiger partial charge on any atom is 0.275 e. The minimum atomic E-state index is -0.0973. The second kappa shape index (κ2) is 8.96. The lowest BCUT2D eigenvalue weighted by atomic mass is 10.1. The van der Waals surface area contributed by atoms with Crippen LogP contribution in [0.2, 0.25) is 10.0 Å². The molecule has 144 valence electrons. The number of para-hydroxylation sites is 1. The number of piperazine rings is 1. The number of rotatable bonds is 5. The summed E-state index contributed by atoms with van der Waals surface area (Å²) in [6, 6.07) is 13.8. The van der Waals surface area contributed by atoms with Gasteiger partial charge in [0.05, 0.1) is 42.3 Å². The largest absolute Gasteiger partial charge is 0.360 e. The van der Waals surface area contributed by atoms with Crippen LogP contribution in [0.15, 0.2) is 42.5 Å². The smallest absolute Gasteiger partial charge is 0.275 e. The third-order valence-electron chi connectivity index (χ3n) is 5.16. The molecule has 0 unspecified atom stereocenters. The average molecular weight is 407 g/mol. The first kappa shape index (κ1) is 20.0. The Balaban J connectivity index is 1.49. The van der Waals surface area contributed by atoms with E-state index in [1.54, 1.807) is 6.07 Å². The molecule has 1 fully saturated rings. The summed E-state index contributed by atoms with van der Waals surface area (Å²) < 4.78 is 0. The third-order valence-corrected chi connectivity index (χ3v) is 5.90. The van der Waals surface area contributed by atoms with Gasteiger partial charge >= 0.3 is 0 Å². The van der Waals surface area contributed by atoms with Crippen molar-refractivity contribution >= 4 is 34.8 Å². The highest BCUT2D eigenvalue weighted by atomic mass is 35.5. The SMILES string of the molecule is Cc1ccccc1N1CC[NH+](CC(=O)N[C@@H](C)c2ccc(Cl)c(Cl)c2)CC1. The summed E-state index contributed by atoms with van der Waals surface area (Å²) in [5, 5.41) is 4.10. The Morgan fingerprint density at radius 3 is 2.52 bits per heavy atom. The summed E-state index contributed by atoms with van der Waals surface area (Å²) in [6.07, 6.45) is 0. The number of hydrogen-bond donors (Lipinski definition) is 2. The fourth-order valence-electron chi connectivity index (χ4n) is 3.54. The van der Waals surface area contributed by atoms with Gasteiger partial charge in [0.25, 0.3) is 5.91 Å². The van der Waals surface area contributed by atoms with E-state index in [9.17, 15) is 4.79 Å². The van der Waals surface area contributed by atoms with E-state index in [0.717, 1.165) is 31.7 Å². The summed E-state index contributed by atoms with van der Waals surface area (Å²) >= 11 is 12.0. The molecule has 0 spiro atoms. The maximum atomic E-state index is 12.4. The predicted molar refractivity (Wildman–Crippen MR) is 112 cm³/mol. The van der Waals surface area contributed by atoms with Crippen LogP contribution in [0.4, 0.5) is 5.69 Å². The molecule has 0 aromatic heterocycles. The van der Waals surface area contributed by atoms with Gasteiger partial charge in [-0.2, -0.15) is 0 Å². The number of benzene rings is 2. The molecule has 3 rings (SSSR count). The van der Waals surface area contributed by atoms with Crippen LogP contribution in [0.5, 0.6) is 0 Å². The monoisotopic (exact) mass is 406 g/mol. The topological polar surface area (TPSA) is 36.8 Å². The Morgan fingerprint density at radius 2 is 1.85 bits per heavy atom. The van der Waals surface area contributed by atoms with Crippen molar-refractivity contribution in [2.24, 2.45) is 0 Å². The molecule has 4 nitrogen and oxygen atoms in total. The van der Waals surface area contributed by atoms with Crippen molar-refractivity contribution in [3.05, 3.63) is 63.6 Å². The fourth-order valence-corrected chi connectivity index (χ4v) is 3.85. The standard InChI is InChI=1S/C21H25Cl2N3O/c1-15-5-3-4-6-20(15)26-11-9-25(10-12-26)14-21(27)24-16(2)17-7-8-18(22)19(23)13-17/h3-8,13,16H,9-12,14H2,1-2H3,(H,24,27)/p+1/t16-/m0/s1. The van der Waals surface area contributed by atoms with Gasteiger partial charge in [0.15, 0.2) is 6.54 Å². The molecule has 1 heterocycles. The Morgan fingerprint density at radius 1 is 1.15 bits per heavy atom. The van der Waals surface area contributed by atoms with E-state index in [1.807, 2.05) is 19.1 Å². The van der Waals surface area contributed by atoms with Gasteiger partial charge < -0.3 is 15.1 Å². The molecule has 27 heavy (non-hydrogen) atoms. The first-order valence-corrected chi connectivity index (χ1v) is 10.1. The molecule has 1 aliphatic rings. The normalized spacial score (nSPS) is 16.2. The first-order valence-electron chi connectivity index (χ1n) is 9.32. The average Bonchev–Trinajstić information content (AvgIpc) is 2.65.